The highest BCUT2D eigenvalue weighted by atomic mass is 32.2. The van der Waals surface area contributed by atoms with E-state index in [4.69, 9.17) is 9.15 Å². The highest BCUT2D eigenvalue weighted by Gasteiger charge is 2.33. The zero-order valence-corrected chi connectivity index (χ0v) is 24.8. The Morgan fingerprint density at radius 1 is 1.12 bits per heavy atom. The standard InChI is InChI=1S/C31H28N2O6S2/c1-16(2)38-30(37)26-18(4)32-31-33(27(26)19-6-10-22(40-5)11-7-19)28(34)25(41-31)15-21-9-13-24(39-21)23-12-8-20(29(35)36)14-17(23)3/h6-16,27H,1-5H3,(H,35,36)/b25-15-/t27-/m0/s1. The van der Waals surface area contributed by atoms with Crippen molar-refractivity contribution < 1.29 is 23.8 Å². The molecular weight excluding hydrogens is 560 g/mol. The molecule has 1 atom stereocenters. The predicted octanol–water partition coefficient (Wildman–Crippen LogP) is 5.18. The monoisotopic (exact) mass is 588 g/mol. The molecule has 2 aromatic carbocycles. The van der Waals surface area contributed by atoms with E-state index in [1.54, 1.807) is 67.4 Å². The van der Waals surface area contributed by atoms with Crippen LogP contribution in [0.15, 0.2) is 85.0 Å². The van der Waals surface area contributed by atoms with Gasteiger partial charge in [-0.25, -0.2) is 14.6 Å². The summed E-state index contributed by atoms with van der Waals surface area (Å²) in [5, 5.41) is 9.25. The zero-order valence-electron chi connectivity index (χ0n) is 23.1. The Hall–Kier alpha value is -4.15. The first-order valence-electron chi connectivity index (χ1n) is 12.9. The van der Waals surface area contributed by atoms with Crippen LogP contribution in [-0.2, 0) is 9.53 Å². The number of carboxylic acids is 1. The van der Waals surface area contributed by atoms with Crippen molar-refractivity contribution >= 4 is 41.1 Å². The molecular formula is C31H28N2O6S2. The number of thiazole rings is 1. The number of aromatic nitrogens is 1. The van der Waals surface area contributed by atoms with Gasteiger partial charge in [0.1, 0.15) is 11.5 Å². The molecule has 10 heteroatoms. The third-order valence-electron chi connectivity index (χ3n) is 6.65. The fourth-order valence-corrected chi connectivity index (χ4v) is 6.17. The average molecular weight is 589 g/mol. The second-order valence-corrected chi connectivity index (χ2v) is 11.7. The molecule has 1 aliphatic heterocycles. The highest BCUT2D eigenvalue weighted by Crippen LogP contribution is 2.32. The zero-order chi connectivity index (χ0) is 29.4. The van der Waals surface area contributed by atoms with E-state index in [2.05, 4.69) is 4.99 Å². The second-order valence-electron chi connectivity index (χ2n) is 9.85. The predicted molar refractivity (Wildman–Crippen MR) is 159 cm³/mol. The molecule has 4 aromatic rings. The van der Waals surface area contributed by atoms with Crippen molar-refractivity contribution in [3.63, 3.8) is 0 Å². The van der Waals surface area contributed by atoms with E-state index < -0.39 is 18.0 Å². The van der Waals surface area contributed by atoms with E-state index >= 15 is 0 Å². The molecule has 0 saturated carbocycles. The molecule has 0 bridgehead atoms. The second kappa shape index (κ2) is 11.4. The lowest BCUT2D eigenvalue weighted by molar-refractivity contribution is -0.143. The molecule has 210 valence electrons. The third-order valence-corrected chi connectivity index (χ3v) is 8.38. The van der Waals surface area contributed by atoms with Crippen LogP contribution in [0.2, 0.25) is 0 Å². The Morgan fingerprint density at radius 2 is 1.85 bits per heavy atom. The largest absolute Gasteiger partial charge is 0.478 e. The maximum atomic E-state index is 13.9. The van der Waals surface area contributed by atoms with Crippen molar-refractivity contribution in [3.05, 3.63) is 108 Å². The molecule has 0 unspecified atom stereocenters. The number of thioether (sulfide) groups is 1. The molecule has 0 aliphatic carbocycles. The number of fused-ring (bicyclic) bond motifs is 1. The maximum Gasteiger partial charge on any atom is 0.338 e. The first-order valence-corrected chi connectivity index (χ1v) is 14.9. The summed E-state index contributed by atoms with van der Waals surface area (Å²) in [4.78, 5) is 44.6. The number of carbonyl (C=O) groups is 2. The van der Waals surface area contributed by atoms with Crippen molar-refractivity contribution in [3.8, 4) is 11.3 Å². The number of hydrogen-bond acceptors (Lipinski definition) is 8. The van der Waals surface area contributed by atoms with Crippen LogP contribution in [0.4, 0.5) is 0 Å². The summed E-state index contributed by atoms with van der Waals surface area (Å²) in [6.07, 6.45) is 3.32. The molecule has 0 radical (unpaired) electrons. The fourth-order valence-electron chi connectivity index (χ4n) is 4.74. The number of benzene rings is 2. The normalized spacial score (nSPS) is 15.2. The van der Waals surface area contributed by atoms with Gasteiger partial charge in [-0.05, 0) is 81.5 Å². The lowest BCUT2D eigenvalue weighted by Gasteiger charge is -2.25. The van der Waals surface area contributed by atoms with Gasteiger partial charge < -0.3 is 14.3 Å². The molecule has 41 heavy (non-hydrogen) atoms. The average Bonchev–Trinajstić information content (AvgIpc) is 3.51. The van der Waals surface area contributed by atoms with Gasteiger partial charge in [0.05, 0.1) is 33.5 Å². The first kappa shape index (κ1) is 28.4. The SMILES string of the molecule is CSc1ccc([C@H]2C(C(=O)OC(C)C)=C(C)N=c3s/c(=C\c4ccc(-c5ccc(C(=O)O)cc5C)o4)c(=O)n32)cc1. The Bertz CT molecular complexity index is 1880. The molecule has 5 rings (SSSR count). The van der Waals surface area contributed by atoms with Crippen molar-refractivity contribution in [2.45, 2.75) is 44.7 Å². The van der Waals surface area contributed by atoms with Gasteiger partial charge in [-0.15, -0.1) is 11.8 Å². The molecule has 0 spiro atoms. The van der Waals surface area contributed by atoms with Gasteiger partial charge >= 0.3 is 11.9 Å². The van der Waals surface area contributed by atoms with Crippen molar-refractivity contribution in [2.75, 3.05) is 6.26 Å². The fraction of sp³-hybridized carbons (Fsp3) is 0.226. The Kier molecular flexibility index (Phi) is 7.88. The Balaban J connectivity index is 1.60. The molecule has 8 nitrogen and oxygen atoms in total. The summed E-state index contributed by atoms with van der Waals surface area (Å²) in [6, 6.07) is 15.4. The number of nitrogens with zero attached hydrogens (tertiary/aromatic N) is 2. The molecule has 2 aromatic heterocycles. The van der Waals surface area contributed by atoms with Crippen LogP contribution >= 0.6 is 23.1 Å². The van der Waals surface area contributed by atoms with E-state index in [0.717, 1.165) is 21.6 Å². The lowest BCUT2D eigenvalue weighted by atomic mass is 9.96. The summed E-state index contributed by atoms with van der Waals surface area (Å²) in [6.45, 7) is 7.14. The number of hydrogen-bond donors (Lipinski definition) is 1. The van der Waals surface area contributed by atoms with Crippen LogP contribution in [0.5, 0.6) is 0 Å². The lowest BCUT2D eigenvalue weighted by Crippen LogP contribution is -2.40. The Morgan fingerprint density at radius 3 is 2.49 bits per heavy atom. The van der Waals surface area contributed by atoms with Crippen LogP contribution in [0.25, 0.3) is 17.4 Å². The number of ether oxygens (including phenoxy) is 1. The summed E-state index contributed by atoms with van der Waals surface area (Å²) < 4.78 is 13.6. The molecule has 3 heterocycles. The van der Waals surface area contributed by atoms with E-state index in [1.165, 1.54) is 17.4 Å². The summed E-state index contributed by atoms with van der Waals surface area (Å²) in [5.74, 6) is -0.484. The van der Waals surface area contributed by atoms with E-state index in [9.17, 15) is 19.5 Å². The number of rotatable bonds is 7. The van der Waals surface area contributed by atoms with Gasteiger partial charge in [0.15, 0.2) is 4.80 Å². The van der Waals surface area contributed by atoms with Gasteiger partial charge in [-0.3, -0.25) is 9.36 Å². The van der Waals surface area contributed by atoms with Crippen molar-refractivity contribution in [1.29, 1.82) is 0 Å². The van der Waals surface area contributed by atoms with Gasteiger partial charge in [-0.2, -0.15) is 0 Å². The van der Waals surface area contributed by atoms with Crippen LogP contribution in [0.3, 0.4) is 0 Å². The van der Waals surface area contributed by atoms with Gasteiger partial charge in [0.2, 0.25) is 0 Å². The number of carbonyl (C=O) groups excluding carboxylic acids is 1. The quantitative estimate of drug-likeness (QED) is 0.234. The highest BCUT2D eigenvalue weighted by molar-refractivity contribution is 7.98. The molecule has 0 fully saturated rings. The number of allylic oxidation sites excluding steroid dienone is 1. The molecule has 1 aliphatic rings. The van der Waals surface area contributed by atoms with Gasteiger partial charge in [-0.1, -0.05) is 29.5 Å². The van der Waals surface area contributed by atoms with Crippen molar-refractivity contribution in [1.82, 2.24) is 4.57 Å². The van der Waals surface area contributed by atoms with Gasteiger partial charge in [0.25, 0.3) is 5.56 Å². The molecule has 1 N–H and O–H groups in total. The first-order chi connectivity index (χ1) is 19.6. The number of aryl methyl sites for hydroxylation is 1. The minimum Gasteiger partial charge on any atom is -0.478 e. The maximum absolute atomic E-state index is 13.9. The summed E-state index contributed by atoms with van der Waals surface area (Å²) >= 11 is 2.83. The molecule has 0 saturated heterocycles. The minimum absolute atomic E-state index is 0.198. The summed E-state index contributed by atoms with van der Waals surface area (Å²) in [7, 11) is 0. The minimum atomic E-state index is -0.996. The number of aromatic carboxylic acids is 1. The number of furan rings is 1. The number of carboxylic acid groups (broad SMARTS) is 1. The van der Waals surface area contributed by atoms with Crippen LogP contribution in [0.1, 0.15) is 54.1 Å². The van der Waals surface area contributed by atoms with E-state index in [1.807, 2.05) is 37.4 Å². The van der Waals surface area contributed by atoms with Gasteiger partial charge in [0, 0.05) is 16.5 Å². The number of esters is 1. The third kappa shape index (κ3) is 5.57. The van der Waals surface area contributed by atoms with Crippen LogP contribution in [0, 0.1) is 6.92 Å². The van der Waals surface area contributed by atoms with E-state index in [0.29, 0.717) is 32.1 Å². The smallest absolute Gasteiger partial charge is 0.338 e. The van der Waals surface area contributed by atoms with Crippen molar-refractivity contribution in [2.24, 2.45) is 4.99 Å². The Labute approximate surface area is 244 Å². The molecule has 0 amide bonds. The summed E-state index contributed by atoms with van der Waals surface area (Å²) in [5.41, 5.74) is 3.03. The van der Waals surface area contributed by atoms with E-state index in [-0.39, 0.29) is 17.2 Å². The van der Waals surface area contributed by atoms with Crippen LogP contribution in [-0.4, -0.2) is 34.0 Å². The topological polar surface area (TPSA) is 111 Å². The van der Waals surface area contributed by atoms with Crippen LogP contribution < -0.4 is 14.9 Å².